The van der Waals surface area contributed by atoms with Gasteiger partial charge in [-0.1, -0.05) is 35.6 Å². The van der Waals surface area contributed by atoms with Gasteiger partial charge in [-0.2, -0.15) is 0 Å². The standard InChI is InChI=1S/C25H21N3O6S/c1-4-33-16-10-8-14(9-11-16)20-19(22(30)24(31)28(20)25-27-26-13(2)35-25)21(29)18-12-15-6-5-7-17(32-3)23(15)34-18/h5-12,20,30H,4H2,1-3H3/t20-/m0/s1. The molecule has 0 aliphatic carbocycles. The molecule has 0 unspecified atom stereocenters. The second kappa shape index (κ2) is 8.88. The Bertz CT molecular complexity index is 1470. The Hall–Kier alpha value is -4.18. The SMILES string of the molecule is CCOc1ccc([C@H]2C(C(=O)c3cc4cccc(OC)c4o3)=C(O)C(=O)N2c2nnc(C)s2)cc1. The number of para-hydroxylation sites is 1. The first-order valence-corrected chi connectivity index (χ1v) is 11.6. The molecular formula is C25H21N3O6S. The highest BCUT2D eigenvalue weighted by Crippen LogP contribution is 2.43. The number of hydrogen-bond acceptors (Lipinski definition) is 9. The average Bonchev–Trinajstić information content (AvgIpc) is 3.55. The summed E-state index contributed by atoms with van der Waals surface area (Å²) in [7, 11) is 1.51. The van der Waals surface area contributed by atoms with Crippen LogP contribution in [-0.4, -0.2) is 40.7 Å². The third kappa shape index (κ3) is 3.81. The number of methoxy groups -OCH3 is 1. The Kier molecular flexibility index (Phi) is 5.73. The van der Waals surface area contributed by atoms with Gasteiger partial charge in [-0.05, 0) is 43.7 Å². The summed E-state index contributed by atoms with van der Waals surface area (Å²) in [5, 5.41) is 20.6. The highest BCUT2D eigenvalue weighted by Gasteiger charge is 2.46. The molecule has 0 saturated heterocycles. The Labute approximate surface area is 204 Å². The lowest BCUT2D eigenvalue weighted by molar-refractivity contribution is -0.117. The molecule has 1 amide bonds. The highest BCUT2D eigenvalue weighted by molar-refractivity contribution is 7.15. The van der Waals surface area contributed by atoms with Gasteiger partial charge in [0.15, 0.2) is 22.9 Å². The monoisotopic (exact) mass is 491 g/mol. The minimum atomic E-state index is -0.937. The third-order valence-electron chi connectivity index (χ3n) is 5.63. The quantitative estimate of drug-likeness (QED) is 0.367. The van der Waals surface area contributed by atoms with Crippen LogP contribution in [0.4, 0.5) is 5.13 Å². The molecule has 0 fully saturated rings. The number of carbonyl (C=O) groups excluding carboxylic acids is 2. The van der Waals surface area contributed by atoms with Crippen LogP contribution in [0.25, 0.3) is 11.0 Å². The highest BCUT2D eigenvalue weighted by atomic mass is 32.1. The maximum Gasteiger partial charge on any atom is 0.296 e. The summed E-state index contributed by atoms with van der Waals surface area (Å²) < 4.78 is 16.7. The summed E-state index contributed by atoms with van der Waals surface area (Å²) in [5.41, 5.74) is 0.887. The van der Waals surface area contributed by atoms with Gasteiger partial charge in [-0.3, -0.25) is 14.5 Å². The lowest BCUT2D eigenvalue weighted by Crippen LogP contribution is -2.31. The molecule has 0 radical (unpaired) electrons. The molecule has 178 valence electrons. The Morgan fingerprint density at radius 3 is 2.63 bits per heavy atom. The molecule has 3 heterocycles. The van der Waals surface area contributed by atoms with E-state index in [1.165, 1.54) is 23.3 Å². The van der Waals surface area contributed by atoms with Crippen LogP contribution >= 0.6 is 11.3 Å². The molecule has 35 heavy (non-hydrogen) atoms. The number of fused-ring (bicyclic) bond motifs is 1. The number of anilines is 1. The Morgan fingerprint density at radius 2 is 1.97 bits per heavy atom. The first-order valence-electron chi connectivity index (χ1n) is 10.8. The minimum absolute atomic E-state index is 0.0231. The molecule has 9 nitrogen and oxygen atoms in total. The zero-order chi connectivity index (χ0) is 24.7. The van der Waals surface area contributed by atoms with Crippen LogP contribution in [0.3, 0.4) is 0 Å². The maximum atomic E-state index is 13.7. The van der Waals surface area contributed by atoms with Gasteiger partial charge in [0, 0.05) is 5.39 Å². The first-order chi connectivity index (χ1) is 16.9. The first kappa shape index (κ1) is 22.6. The van der Waals surface area contributed by atoms with Crippen LogP contribution in [0.2, 0.25) is 0 Å². The fraction of sp³-hybridized carbons (Fsp3) is 0.200. The largest absolute Gasteiger partial charge is 0.503 e. The van der Waals surface area contributed by atoms with E-state index in [2.05, 4.69) is 10.2 Å². The van der Waals surface area contributed by atoms with Crippen molar-refractivity contribution in [3.63, 3.8) is 0 Å². The maximum absolute atomic E-state index is 13.7. The number of carbonyl (C=O) groups is 2. The van der Waals surface area contributed by atoms with Crippen LogP contribution < -0.4 is 14.4 Å². The van der Waals surface area contributed by atoms with E-state index in [9.17, 15) is 14.7 Å². The number of ether oxygens (including phenoxy) is 2. The Balaban J connectivity index is 1.63. The van der Waals surface area contributed by atoms with Gasteiger partial charge >= 0.3 is 0 Å². The van der Waals surface area contributed by atoms with Crippen LogP contribution in [0, 0.1) is 6.92 Å². The van der Waals surface area contributed by atoms with Crippen molar-refractivity contribution in [1.82, 2.24) is 10.2 Å². The molecular weight excluding hydrogens is 470 g/mol. The molecule has 1 aliphatic rings. The van der Waals surface area contributed by atoms with Gasteiger partial charge < -0.3 is 19.0 Å². The van der Waals surface area contributed by atoms with E-state index in [0.717, 1.165) is 0 Å². The number of aliphatic hydroxyl groups is 1. The number of aryl methyl sites for hydroxylation is 1. The number of benzene rings is 2. The van der Waals surface area contributed by atoms with Crippen LogP contribution in [0.1, 0.15) is 34.1 Å². The second-order valence-corrected chi connectivity index (χ2v) is 8.92. The van der Waals surface area contributed by atoms with Crippen molar-refractivity contribution in [1.29, 1.82) is 0 Å². The molecule has 1 N–H and O–H groups in total. The molecule has 2 aromatic carbocycles. The number of rotatable bonds is 7. The number of furan rings is 1. The van der Waals surface area contributed by atoms with E-state index in [4.69, 9.17) is 13.9 Å². The molecule has 4 aromatic rings. The predicted octanol–water partition coefficient (Wildman–Crippen LogP) is 4.78. The van der Waals surface area contributed by atoms with Crippen molar-refractivity contribution in [2.45, 2.75) is 19.9 Å². The number of aromatic nitrogens is 2. The fourth-order valence-corrected chi connectivity index (χ4v) is 4.80. The smallest absolute Gasteiger partial charge is 0.296 e. The van der Waals surface area contributed by atoms with Gasteiger partial charge in [-0.15, -0.1) is 10.2 Å². The van der Waals surface area contributed by atoms with E-state index in [1.54, 1.807) is 55.5 Å². The number of nitrogens with zero attached hydrogens (tertiary/aromatic N) is 3. The van der Waals surface area contributed by atoms with Crippen LogP contribution in [0.5, 0.6) is 11.5 Å². The van der Waals surface area contributed by atoms with Gasteiger partial charge in [0.1, 0.15) is 10.8 Å². The van der Waals surface area contributed by atoms with E-state index in [1.807, 2.05) is 6.92 Å². The third-order valence-corrected chi connectivity index (χ3v) is 6.47. The molecule has 0 spiro atoms. The lowest BCUT2D eigenvalue weighted by Gasteiger charge is -2.24. The zero-order valence-electron chi connectivity index (χ0n) is 19.1. The molecule has 0 saturated carbocycles. The molecule has 1 aliphatic heterocycles. The zero-order valence-corrected chi connectivity index (χ0v) is 20.0. The molecule has 2 aromatic heterocycles. The topological polar surface area (TPSA) is 115 Å². The van der Waals surface area contributed by atoms with Crippen molar-refractivity contribution in [3.8, 4) is 11.5 Å². The summed E-state index contributed by atoms with van der Waals surface area (Å²) in [6, 6.07) is 12.9. The average molecular weight is 492 g/mol. The van der Waals surface area contributed by atoms with Gasteiger partial charge in [0.05, 0.1) is 25.3 Å². The summed E-state index contributed by atoms with van der Waals surface area (Å²) in [6.07, 6.45) is 0. The van der Waals surface area contributed by atoms with E-state index >= 15 is 0 Å². The van der Waals surface area contributed by atoms with Crippen molar-refractivity contribution < 1.29 is 28.6 Å². The Morgan fingerprint density at radius 1 is 1.20 bits per heavy atom. The molecule has 5 rings (SSSR count). The van der Waals surface area contributed by atoms with E-state index < -0.39 is 23.5 Å². The van der Waals surface area contributed by atoms with Crippen molar-refractivity contribution in [2.75, 3.05) is 18.6 Å². The van der Waals surface area contributed by atoms with Crippen molar-refractivity contribution in [2.24, 2.45) is 0 Å². The van der Waals surface area contributed by atoms with Crippen LogP contribution in [-0.2, 0) is 4.79 Å². The van der Waals surface area contributed by atoms with E-state index in [-0.39, 0.29) is 16.5 Å². The number of aliphatic hydroxyl groups excluding tert-OH is 1. The summed E-state index contributed by atoms with van der Waals surface area (Å²) in [6.45, 7) is 4.13. The van der Waals surface area contributed by atoms with Crippen molar-refractivity contribution in [3.05, 3.63) is 76.2 Å². The van der Waals surface area contributed by atoms with Gasteiger partial charge in [0.25, 0.3) is 5.91 Å². The van der Waals surface area contributed by atoms with Crippen LogP contribution in [0.15, 0.2) is 64.3 Å². The molecule has 0 bridgehead atoms. The van der Waals surface area contributed by atoms with Gasteiger partial charge in [-0.25, -0.2) is 0 Å². The lowest BCUT2D eigenvalue weighted by atomic mass is 9.95. The number of ketones is 1. The number of hydrogen-bond donors (Lipinski definition) is 1. The predicted molar refractivity (Wildman–Crippen MR) is 129 cm³/mol. The second-order valence-electron chi connectivity index (χ2n) is 7.76. The van der Waals surface area contributed by atoms with Crippen molar-refractivity contribution >= 4 is 39.1 Å². The fourth-order valence-electron chi connectivity index (χ4n) is 4.09. The number of amides is 1. The van der Waals surface area contributed by atoms with E-state index in [0.29, 0.717) is 39.6 Å². The normalized spacial score (nSPS) is 15.8. The summed E-state index contributed by atoms with van der Waals surface area (Å²) >= 11 is 1.19. The summed E-state index contributed by atoms with van der Waals surface area (Å²) in [5.74, 6) is -0.923. The molecule has 10 heteroatoms. The summed E-state index contributed by atoms with van der Waals surface area (Å²) in [4.78, 5) is 28.2. The molecule has 1 atom stereocenters. The van der Waals surface area contributed by atoms with Gasteiger partial charge in [0.2, 0.25) is 10.9 Å². The number of Topliss-reactive ketones (excluding diaryl/α,β-unsaturated/α-hetero) is 1. The minimum Gasteiger partial charge on any atom is -0.503 e.